The minimum Gasteiger partial charge on any atom is -0.497 e. The van der Waals surface area contributed by atoms with E-state index in [1.165, 1.54) is 38.2 Å². The molecule has 21 heavy (non-hydrogen) atoms. The molecule has 0 amide bonds. The molecule has 3 nitrogen and oxygen atoms in total. The van der Waals surface area contributed by atoms with Gasteiger partial charge < -0.3 is 10.1 Å². The van der Waals surface area contributed by atoms with E-state index in [4.69, 9.17) is 4.74 Å². The number of methoxy groups -OCH3 is 1. The maximum Gasteiger partial charge on any atom is 0.131 e. The predicted molar refractivity (Wildman–Crippen MR) is 82.0 cm³/mol. The molecule has 1 saturated carbocycles. The van der Waals surface area contributed by atoms with Crippen LogP contribution in [0.25, 0.3) is 0 Å². The topological polar surface area (TPSA) is 24.5 Å². The van der Waals surface area contributed by atoms with E-state index < -0.39 is 0 Å². The first-order valence-electron chi connectivity index (χ1n) is 8.06. The first kappa shape index (κ1) is 14.8. The zero-order valence-corrected chi connectivity index (χ0v) is 12.8. The molecule has 4 heteroatoms. The van der Waals surface area contributed by atoms with Crippen molar-refractivity contribution in [3.8, 4) is 5.75 Å². The normalized spacial score (nSPS) is 22.5. The van der Waals surface area contributed by atoms with Crippen molar-refractivity contribution in [3.05, 3.63) is 29.6 Å². The Morgan fingerprint density at radius 3 is 2.76 bits per heavy atom. The van der Waals surface area contributed by atoms with Gasteiger partial charge in [0.05, 0.1) is 7.11 Å². The lowest BCUT2D eigenvalue weighted by Gasteiger charge is -2.30. The summed E-state index contributed by atoms with van der Waals surface area (Å²) >= 11 is 0. The van der Waals surface area contributed by atoms with E-state index in [9.17, 15) is 4.39 Å². The van der Waals surface area contributed by atoms with Crippen LogP contribution >= 0.6 is 0 Å². The Kier molecular flexibility index (Phi) is 4.76. The number of hydrogen-bond donors (Lipinski definition) is 1. The SMILES string of the molecule is COc1ccc(CN(CC2CCCCN2)C2CC2)c(F)c1. The molecule has 1 aliphatic heterocycles. The summed E-state index contributed by atoms with van der Waals surface area (Å²) in [5.74, 6) is 0.430. The minimum atomic E-state index is -0.156. The van der Waals surface area contributed by atoms with Crippen molar-refractivity contribution in [1.29, 1.82) is 0 Å². The smallest absolute Gasteiger partial charge is 0.131 e. The molecule has 1 N–H and O–H groups in total. The summed E-state index contributed by atoms with van der Waals surface area (Å²) in [4.78, 5) is 2.45. The maximum absolute atomic E-state index is 14.1. The van der Waals surface area contributed by atoms with Crippen molar-refractivity contribution >= 4 is 0 Å². The highest BCUT2D eigenvalue weighted by atomic mass is 19.1. The fourth-order valence-electron chi connectivity index (χ4n) is 3.15. The average Bonchev–Trinajstić information content (AvgIpc) is 3.34. The molecule has 0 aromatic heterocycles. The summed E-state index contributed by atoms with van der Waals surface area (Å²) in [5.41, 5.74) is 0.776. The van der Waals surface area contributed by atoms with Crippen LogP contribution in [0.15, 0.2) is 18.2 Å². The molecule has 3 rings (SSSR count). The largest absolute Gasteiger partial charge is 0.497 e. The maximum atomic E-state index is 14.1. The summed E-state index contributed by atoms with van der Waals surface area (Å²) < 4.78 is 19.2. The molecule has 1 aliphatic carbocycles. The zero-order valence-electron chi connectivity index (χ0n) is 12.8. The minimum absolute atomic E-state index is 0.156. The van der Waals surface area contributed by atoms with Gasteiger partial charge in [0, 0.05) is 36.8 Å². The second kappa shape index (κ2) is 6.75. The van der Waals surface area contributed by atoms with Crippen molar-refractivity contribution in [2.24, 2.45) is 0 Å². The number of hydrogen-bond acceptors (Lipinski definition) is 3. The van der Waals surface area contributed by atoms with Gasteiger partial charge in [0.25, 0.3) is 0 Å². The zero-order chi connectivity index (χ0) is 14.7. The first-order chi connectivity index (χ1) is 10.3. The van der Waals surface area contributed by atoms with Gasteiger partial charge in [-0.05, 0) is 38.3 Å². The van der Waals surface area contributed by atoms with Crippen LogP contribution in [0.1, 0.15) is 37.7 Å². The molecular formula is C17H25FN2O. The van der Waals surface area contributed by atoms with Gasteiger partial charge in [-0.25, -0.2) is 4.39 Å². The second-order valence-electron chi connectivity index (χ2n) is 6.26. The third-order valence-corrected chi connectivity index (χ3v) is 4.56. The monoisotopic (exact) mass is 292 g/mol. The van der Waals surface area contributed by atoms with Gasteiger partial charge in [-0.1, -0.05) is 12.5 Å². The van der Waals surface area contributed by atoms with Gasteiger partial charge in [-0.2, -0.15) is 0 Å². The Hall–Kier alpha value is -1.13. The van der Waals surface area contributed by atoms with Gasteiger partial charge in [-0.3, -0.25) is 4.90 Å². The molecule has 2 fully saturated rings. The highest BCUT2D eigenvalue weighted by Crippen LogP contribution is 2.30. The quantitative estimate of drug-likeness (QED) is 0.872. The van der Waals surface area contributed by atoms with Crippen LogP contribution in [0.5, 0.6) is 5.75 Å². The van der Waals surface area contributed by atoms with Crippen molar-refractivity contribution in [1.82, 2.24) is 10.2 Å². The van der Waals surface area contributed by atoms with Gasteiger partial charge in [0.2, 0.25) is 0 Å². The van der Waals surface area contributed by atoms with E-state index in [0.29, 0.717) is 24.4 Å². The molecule has 1 heterocycles. The fraction of sp³-hybridized carbons (Fsp3) is 0.647. The van der Waals surface area contributed by atoms with Gasteiger partial charge in [0.15, 0.2) is 0 Å². The van der Waals surface area contributed by atoms with Crippen LogP contribution in [-0.4, -0.2) is 37.2 Å². The standard InChI is InChI=1S/C17H25FN2O/c1-21-16-8-5-13(17(18)10-16)11-20(15-6-7-15)12-14-4-2-3-9-19-14/h5,8,10,14-15,19H,2-4,6-7,9,11-12H2,1H3. The number of nitrogens with one attached hydrogen (secondary N) is 1. The van der Waals surface area contributed by atoms with Crippen LogP contribution < -0.4 is 10.1 Å². The number of piperidine rings is 1. The van der Waals surface area contributed by atoms with Crippen molar-refractivity contribution < 1.29 is 9.13 Å². The predicted octanol–water partition coefficient (Wildman–Crippen LogP) is 2.94. The molecule has 0 bridgehead atoms. The number of rotatable bonds is 6. The molecule has 116 valence electrons. The van der Waals surface area contributed by atoms with E-state index >= 15 is 0 Å². The molecule has 1 aromatic carbocycles. The molecule has 1 atom stereocenters. The summed E-state index contributed by atoms with van der Waals surface area (Å²) in [6.07, 6.45) is 6.35. The molecule has 0 radical (unpaired) electrons. The van der Waals surface area contributed by atoms with Crippen molar-refractivity contribution in [2.75, 3.05) is 20.2 Å². The number of nitrogens with zero attached hydrogens (tertiary/aromatic N) is 1. The van der Waals surface area contributed by atoms with Crippen molar-refractivity contribution in [2.45, 2.75) is 50.7 Å². The second-order valence-corrected chi connectivity index (χ2v) is 6.26. The lowest BCUT2D eigenvalue weighted by Crippen LogP contribution is -2.44. The van der Waals surface area contributed by atoms with Crippen LogP contribution in [0.4, 0.5) is 4.39 Å². The Morgan fingerprint density at radius 2 is 2.14 bits per heavy atom. The summed E-state index contributed by atoms with van der Waals surface area (Å²) in [5, 5.41) is 3.60. The molecule has 1 aromatic rings. The van der Waals surface area contributed by atoms with E-state index in [2.05, 4.69) is 10.2 Å². The van der Waals surface area contributed by atoms with E-state index in [0.717, 1.165) is 18.7 Å². The van der Waals surface area contributed by atoms with E-state index in [1.54, 1.807) is 7.11 Å². The Bertz CT molecular complexity index is 470. The highest BCUT2D eigenvalue weighted by Gasteiger charge is 2.31. The van der Waals surface area contributed by atoms with Crippen LogP contribution in [0.2, 0.25) is 0 Å². The lowest BCUT2D eigenvalue weighted by atomic mass is 10.0. The summed E-state index contributed by atoms with van der Waals surface area (Å²) in [6.45, 7) is 2.87. The Balaban J connectivity index is 1.64. The molecule has 1 unspecified atom stereocenters. The van der Waals surface area contributed by atoms with Gasteiger partial charge in [0.1, 0.15) is 11.6 Å². The average molecular weight is 292 g/mol. The third kappa shape index (κ3) is 3.95. The van der Waals surface area contributed by atoms with Crippen LogP contribution in [0.3, 0.4) is 0 Å². The van der Waals surface area contributed by atoms with Gasteiger partial charge >= 0.3 is 0 Å². The molecule has 1 saturated heterocycles. The summed E-state index contributed by atoms with van der Waals surface area (Å²) in [6, 6.07) is 6.41. The van der Waals surface area contributed by atoms with Crippen molar-refractivity contribution in [3.63, 3.8) is 0 Å². The Morgan fingerprint density at radius 1 is 1.29 bits per heavy atom. The summed E-state index contributed by atoms with van der Waals surface area (Å²) in [7, 11) is 1.57. The van der Waals surface area contributed by atoms with E-state index in [1.807, 2.05) is 12.1 Å². The molecule has 0 spiro atoms. The number of ether oxygens (including phenoxy) is 1. The van der Waals surface area contributed by atoms with Gasteiger partial charge in [-0.15, -0.1) is 0 Å². The lowest BCUT2D eigenvalue weighted by molar-refractivity contribution is 0.206. The number of benzene rings is 1. The molecule has 2 aliphatic rings. The Labute approximate surface area is 126 Å². The number of halogens is 1. The van der Waals surface area contributed by atoms with Crippen LogP contribution in [0, 0.1) is 5.82 Å². The van der Waals surface area contributed by atoms with Crippen LogP contribution in [-0.2, 0) is 6.54 Å². The third-order valence-electron chi connectivity index (χ3n) is 4.56. The fourth-order valence-corrected chi connectivity index (χ4v) is 3.15. The first-order valence-corrected chi connectivity index (χ1v) is 8.06. The molecular weight excluding hydrogens is 267 g/mol. The highest BCUT2D eigenvalue weighted by molar-refractivity contribution is 5.29. The van der Waals surface area contributed by atoms with E-state index in [-0.39, 0.29) is 5.82 Å².